The van der Waals surface area contributed by atoms with Gasteiger partial charge in [0.2, 0.25) is 10.0 Å². The Morgan fingerprint density at radius 2 is 2.03 bits per heavy atom. The van der Waals surface area contributed by atoms with Crippen LogP contribution >= 0.6 is 22.9 Å². The summed E-state index contributed by atoms with van der Waals surface area (Å²) in [4.78, 5) is 20.5. The van der Waals surface area contributed by atoms with Gasteiger partial charge >= 0.3 is 0 Å². The fourth-order valence-electron chi connectivity index (χ4n) is 4.56. The summed E-state index contributed by atoms with van der Waals surface area (Å²) in [6, 6.07) is 9.40. The van der Waals surface area contributed by atoms with Gasteiger partial charge in [-0.3, -0.25) is 4.79 Å². The van der Waals surface area contributed by atoms with Crippen molar-refractivity contribution in [2.45, 2.75) is 37.0 Å². The molecule has 0 saturated carbocycles. The van der Waals surface area contributed by atoms with Gasteiger partial charge < -0.3 is 10.3 Å². The van der Waals surface area contributed by atoms with Crippen molar-refractivity contribution in [1.82, 2.24) is 19.6 Å². The number of H-pyrrole nitrogens is 1. The highest BCUT2D eigenvalue weighted by Gasteiger charge is 2.31. The van der Waals surface area contributed by atoms with Gasteiger partial charge in [-0.1, -0.05) is 17.7 Å². The van der Waals surface area contributed by atoms with Gasteiger partial charge in [-0.2, -0.15) is 4.31 Å². The van der Waals surface area contributed by atoms with Gasteiger partial charge in [0, 0.05) is 53.1 Å². The van der Waals surface area contributed by atoms with E-state index in [9.17, 15) is 17.6 Å². The van der Waals surface area contributed by atoms with E-state index in [-0.39, 0.29) is 22.5 Å². The molecule has 3 heterocycles. The molecular formula is C26H26ClFN4O3S2. The number of aromatic amines is 1. The van der Waals surface area contributed by atoms with Gasteiger partial charge in [-0.25, -0.2) is 17.8 Å². The molecule has 7 nitrogen and oxygen atoms in total. The average molecular weight is 561 g/mol. The quantitative estimate of drug-likeness (QED) is 0.322. The van der Waals surface area contributed by atoms with E-state index in [2.05, 4.69) is 15.3 Å². The molecule has 0 spiro atoms. The van der Waals surface area contributed by atoms with Crippen LogP contribution in [0.1, 0.15) is 45.4 Å². The number of hydrogen-bond acceptors (Lipinski definition) is 5. The van der Waals surface area contributed by atoms with Crippen molar-refractivity contribution in [2.75, 3.05) is 19.6 Å². The molecule has 37 heavy (non-hydrogen) atoms. The van der Waals surface area contributed by atoms with E-state index in [1.165, 1.54) is 33.8 Å². The number of fused-ring (bicyclic) bond motifs is 1. The van der Waals surface area contributed by atoms with Crippen molar-refractivity contribution in [3.8, 4) is 0 Å². The first-order valence-electron chi connectivity index (χ1n) is 12.0. The molecule has 1 saturated heterocycles. The first-order valence-corrected chi connectivity index (χ1v) is 14.7. The summed E-state index contributed by atoms with van der Waals surface area (Å²) in [5.41, 5.74) is 2.97. The molecule has 2 aromatic heterocycles. The average Bonchev–Trinajstić information content (AvgIpc) is 3.53. The Morgan fingerprint density at radius 1 is 1.24 bits per heavy atom. The molecule has 11 heteroatoms. The highest BCUT2D eigenvalue weighted by atomic mass is 35.5. The second kappa shape index (κ2) is 10.5. The molecule has 0 unspecified atom stereocenters. The lowest BCUT2D eigenvalue weighted by molar-refractivity contribution is 0.0949. The molecule has 194 valence electrons. The van der Waals surface area contributed by atoms with Crippen molar-refractivity contribution in [3.63, 3.8) is 0 Å². The SMILES string of the molecule is Cc1ccc(S(=O)(=O)N2CCC(c3nc(C(=O)NCCc4c[nH]c5ccc(F)cc45)cs3)CC2)cc1Cl. The molecule has 2 N–H and O–H groups in total. The maximum Gasteiger partial charge on any atom is 0.270 e. The number of sulfonamides is 1. The van der Waals surface area contributed by atoms with E-state index in [1.54, 1.807) is 23.6 Å². The number of aryl methyl sites for hydroxylation is 1. The Labute approximate surface area is 223 Å². The Morgan fingerprint density at radius 3 is 2.78 bits per heavy atom. The fourth-order valence-corrected chi connectivity index (χ4v) is 7.28. The maximum absolute atomic E-state index is 13.6. The predicted octanol–water partition coefficient (Wildman–Crippen LogP) is 5.27. The fraction of sp³-hybridized carbons (Fsp3) is 0.308. The van der Waals surface area contributed by atoms with Gasteiger partial charge in [0.1, 0.15) is 11.5 Å². The zero-order valence-electron chi connectivity index (χ0n) is 20.1. The van der Waals surface area contributed by atoms with Crippen LogP contribution in [0.25, 0.3) is 10.9 Å². The highest BCUT2D eigenvalue weighted by Crippen LogP contribution is 2.33. The Balaban J connectivity index is 1.15. The standard InChI is InChI=1S/C26H26ClFN4O3S2/c1-16-2-4-20(13-22(16)27)37(34,35)32-10-7-17(8-11-32)26-31-24(15-36-26)25(33)29-9-6-18-14-30-23-5-3-19(28)12-21(18)23/h2-5,12-15,17,30H,6-11H2,1H3,(H,29,33). The molecule has 0 bridgehead atoms. The topological polar surface area (TPSA) is 95.2 Å². The third-order valence-electron chi connectivity index (χ3n) is 6.75. The van der Waals surface area contributed by atoms with Crippen LogP contribution in [0.4, 0.5) is 4.39 Å². The van der Waals surface area contributed by atoms with Crippen LogP contribution < -0.4 is 5.32 Å². The monoisotopic (exact) mass is 560 g/mol. The van der Waals surface area contributed by atoms with E-state index >= 15 is 0 Å². The molecule has 4 aromatic rings. The lowest BCUT2D eigenvalue weighted by atomic mass is 9.99. The minimum absolute atomic E-state index is 0.0979. The predicted molar refractivity (Wildman–Crippen MR) is 143 cm³/mol. The number of carbonyl (C=O) groups is 1. The van der Waals surface area contributed by atoms with Crippen LogP contribution in [0.5, 0.6) is 0 Å². The third kappa shape index (κ3) is 5.43. The summed E-state index contributed by atoms with van der Waals surface area (Å²) < 4.78 is 41.2. The molecular weight excluding hydrogens is 535 g/mol. The first-order chi connectivity index (χ1) is 17.7. The number of nitrogens with zero attached hydrogens (tertiary/aromatic N) is 2. The molecule has 0 aliphatic carbocycles. The summed E-state index contributed by atoms with van der Waals surface area (Å²) in [6.45, 7) is 2.99. The van der Waals surface area contributed by atoms with Crippen LogP contribution in [0.3, 0.4) is 0 Å². The van der Waals surface area contributed by atoms with Crippen molar-refractivity contribution in [3.05, 3.63) is 80.6 Å². The summed E-state index contributed by atoms with van der Waals surface area (Å²) in [5.74, 6) is -0.458. The van der Waals surface area contributed by atoms with Crippen molar-refractivity contribution < 1.29 is 17.6 Å². The van der Waals surface area contributed by atoms with E-state index in [1.807, 2.05) is 13.1 Å². The maximum atomic E-state index is 13.6. The van der Waals surface area contributed by atoms with E-state index in [0.717, 1.165) is 27.0 Å². The molecule has 0 atom stereocenters. The molecule has 1 fully saturated rings. The van der Waals surface area contributed by atoms with Crippen LogP contribution in [-0.2, 0) is 16.4 Å². The number of amides is 1. The number of benzene rings is 2. The van der Waals surface area contributed by atoms with E-state index in [4.69, 9.17) is 11.6 Å². The minimum Gasteiger partial charge on any atom is -0.361 e. The summed E-state index contributed by atoms with van der Waals surface area (Å²) >= 11 is 7.56. The number of thiazole rings is 1. The van der Waals surface area contributed by atoms with Gasteiger partial charge in [-0.05, 0) is 67.6 Å². The molecule has 1 aliphatic heterocycles. The number of nitrogens with one attached hydrogen (secondary N) is 2. The Kier molecular flexibility index (Phi) is 7.35. The highest BCUT2D eigenvalue weighted by molar-refractivity contribution is 7.89. The Bertz CT molecular complexity index is 1560. The molecule has 2 aromatic carbocycles. The third-order valence-corrected chi connectivity index (χ3v) is 10.1. The first kappa shape index (κ1) is 25.8. The lowest BCUT2D eigenvalue weighted by Gasteiger charge is -2.30. The number of rotatable bonds is 7. The number of piperidine rings is 1. The second-order valence-corrected chi connectivity index (χ2v) is 12.4. The van der Waals surface area contributed by atoms with Gasteiger partial charge in [-0.15, -0.1) is 11.3 Å². The second-order valence-electron chi connectivity index (χ2n) is 9.17. The smallest absolute Gasteiger partial charge is 0.270 e. The van der Waals surface area contributed by atoms with Crippen LogP contribution in [0.15, 0.2) is 52.9 Å². The zero-order chi connectivity index (χ0) is 26.2. The molecule has 1 amide bonds. The van der Waals surface area contributed by atoms with Crippen LogP contribution in [-0.4, -0.2) is 48.2 Å². The Hall–Kier alpha value is -2.79. The summed E-state index contributed by atoms with van der Waals surface area (Å²) in [7, 11) is -3.62. The number of aromatic nitrogens is 2. The summed E-state index contributed by atoms with van der Waals surface area (Å²) in [6.07, 6.45) is 3.65. The van der Waals surface area contributed by atoms with E-state index < -0.39 is 10.0 Å². The number of hydrogen-bond donors (Lipinski definition) is 2. The summed E-state index contributed by atoms with van der Waals surface area (Å²) in [5, 5.41) is 6.71. The normalized spacial score (nSPS) is 15.3. The largest absolute Gasteiger partial charge is 0.361 e. The molecule has 0 radical (unpaired) electrons. The van der Waals surface area contributed by atoms with Gasteiger partial charge in [0.15, 0.2) is 0 Å². The van der Waals surface area contributed by atoms with Crippen LogP contribution in [0, 0.1) is 12.7 Å². The van der Waals surface area contributed by atoms with Crippen molar-refractivity contribution >= 4 is 49.8 Å². The van der Waals surface area contributed by atoms with Gasteiger partial charge in [0.05, 0.1) is 9.90 Å². The molecule has 5 rings (SSSR count). The van der Waals surface area contributed by atoms with Crippen molar-refractivity contribution in [2.24, 2.45) is 0 Å². The van der Waals surface area contributed by atoms with Crippen molar-refractivity contribution in [1.29, 1.82) is 0 Å². The zero-order valence-corrected chi connectivity index (χ0v) is 22.5. The van der Waals surface area contributed by atoms with Gasteiger partial charge in [0.25, 0.3) is 5.91 Å². The molecule has 1 aliphatic rings. The lowest BCUT2D eigenvalue weighted by Crippen LogP contribution is -2.37. The van der Waals surface area contributed by atoms with E-state index in [0.29, 0.717) is 49.6 Å². The number of carbonyl (C=O) groups excluding carboxylic acids is 1. The minimum atomic E-state index is -3.62. The number of halogens is 2. The van der Waals surface area contributed by atoms with Crippen LogP contribution in [0.2, 0.25) is 5.02 Å².